The monoisotopic (exact) mass is 260 g/mol. The van der Waals surface area contributed by atoms with E-state index in [9.17, 15) is 9.59 Å². The average molecular weight is 260 g/mol. The van der Waals surface area contributed by atoms with Crippen LogP contribution in [0.2, 0.25) is 0 Å². The van der Waals surface area contributed by atoms with Crippen molar-refractivity contribution in [3.8, 4) is 0 Å². The van der Waals surface area contributed by atoms with Gasteiger partial charge in [-0.1, -0.05) is 36.4 Å². The summed E-state index contributed by atoms with van der Waals surface area (Å²) in [5.41, 5.74) is 3.04. The zero-order valence-corrected chi connectivity index (χ0v) is 10.5. The molecule has 0 aromatic heterocycles. The molecule has 1 aromatic carbocycles. The van der Waals surface area contributed by atoms with Gasteiger partial charge in [-0.2, -0.15) is 0 Å². The highest BCUT2D eigenvalue weighted by atomic mass is 16.5. The molecule has 5 heteroatoms. The average Bonchev–Trinajstić information content (AvgIpc) is 2.44. The quantitative estimate of drug-likeness (QED) is 0.632. The molecule has 5 nitrogen and oxygen atoms in total. The van der Waals surface area contributed by atoms with E-state index in [2.05, 4.69) is 0 Å². The molecular weight excluding hydrogens is 244 g/mol. The molecule has 0 bridgehead atoms. The van der Waals surface area contributed by atoms with E-state index in [0.29, 0.717) is 18.7 Å². The number of benzene rings is 1. The smallest absolute Gasteiger partial charge is 0.250 e. The van der Waals surface area contributed by atoms with Crippen LogP contribution in [0.15, 0.2) is 42.0 Å². The van der Waals surface area contributed by atoms with E-state index in [-0.39, 0.29) is 12.3 Å². The van der Waals surface area contributed by atoms with Crippen molar-refractivity contribution in [2.24, 2.45) is 0 Å². The van der Waals surface area contributed by atoms with E-state index < -0.39 is 5.91 Å². The molecule has 1 aromatic rings. The topological polar surface area (TPSA) is 69.6 Å². The third-order valence-electron chi connectivity index (χ3n) is 3.04. The van der Waals surface area contributed by atoms with Crippen LogP contribution in [-0.4, -0.2) is 28.5 Å². The maximum absolute atomic E-state index is 12.2. The van der Waals surface area contributed by atoms with Crippen LogP contribution in [0.4, 0.5) is 0 Å². The molecule has 2 N–H and O–H groups in total. The van der Waals surface area contributed by atoms with Gasteiger partial charge in [0.05, 0.1) is 6.42 Å². The van der Waals surface area contributed by atoms with Crippen LogP contribution in [0.3, 0.4) is 0 Å². The van der Waals surface area contributed by atoms with Gasteiger partial charge in [-0.15, -0.1) is 0 Å². The van der Waals surface area contributed by atoms with Gasteiger partial charge >= 0.3 is 0 Å². The SMILES string of the molecule is O=C(CC1=CCCN(Cc2ccccc2)C1=O)NO. The van der Waals surface area contributed by atoms with Gasteiger partial charge in [0.2, 0.25) is 11.8 Å². The molecule has 100 valence electrons. The molecule has 1 aliphatic rings. The second kappa shape index (κ2) is 6.15. The van der Waals surface area contributed by atoms with E-state index in [1.54, 1.807) is 16.5 Å². The normalized spacial score (nSPS) is 15.1. The Kier molecular flexibility index (Phi) is 4.30. The van der Waals surface area contributed by atoms with E-state index in [1.807, 2.05) is 30.3 Å². The lowest BCUT2D eigenvalue weighted by atomic mass is 10.0. The fourth-order valence-electron chi connectivity index (χ4n) is 2.10. The molecule has 0 spiro atoms. The van der Waals surface area contributed by atoms with Crippen molar-refractivity contribution in [3.05, 3.63) is 47.5 Å². The molecule has 0 saturated heterocycles. The predicted molar refractivity (Wildman–Crippen MR) is 69.1 cm³/mol. The van der Waals surface area contributed by atoms with Crippen LogP contribution in [0.1, 0.15) is 18.4 Å². The van der Waals surface area contributed by atoms with Crippen molar-refractivity contribution in [2.75, 3.05) is 6.54 Å². The predicted octanol–water partition coefficient (Wildman–Crippen LogP) is 1.24. The number of hydrogen-bond acceptors (Lipinski definition) is 3. The van der Waals surface area contributed by atoms with Crippen molar-refractivity contribution in [1.29, 1.82) is 0 Å². The van der Waals surface area contributed by atoms with Gasteiger partial charge in [-0.25, -0.2) is 5.48 Å². The van der Waals surface area contributed by atoms with Gasteiger partial charge in [0, 0.05) is 18.7 Å². The lowest BCUT2D eigenvalue weighted by molar-refractivity contribution is -0.132. The molecular formula is C14H16N2O3. The van der Waals surface area contributed by atoms with E-state index >= 15 is 0 Å². The highest BCUT2D eigenvalue weighted by Crippen LogP contribution is 2.17. The Hall–Kier alpha value is -2.14. The largest absolute Gasteiger partial charge is 0.334 e. The first-order chi connectivity index (χ1) is 9.20. The highest BCUT2D eigenvalue weighted by Gasteiger charge is 2.23. The highest BCUT2D eigenvalue weighted by molar-refractivity contribution is 5.99. The summed E-state index contributed by atoms with van der Waals surface area (Å²) in [6, 6.07) is 9.72. The second-order valence-electron chi connectivity index (χ2n) is 4.44. The summed E-state index contributed by atoms with van der Waals surface area (Å²) in [7, 11) is 0. The van der Waals surface area contributed by atoms with Gasteiger partial charge in [-0.3, -0.25) is 14.8 Å². The fourth-order valence-corrected chi connectivity index (χ4v) is 2.10. The molecule has 1 heterocycles. The van der Waals surface area contributed by atoms with Gasteiger partial charge in [0.25, 0.3) is 0 Å². The van der Waals surface area contributed by atoms with Crippen molar-refractivity contribution >= 4 is 11.8 Å². The lowest BCUT2D eigenvalue weighted by Gasteiger charge is -2.27. The minimum atomic E-state index is -0.568. The zero-order valence-electron chi connectivity index (χ0n) is 10.5. The summed E-state index contributed by atoms with van der Waals surface area (Å²) in [6.07, 6.45) is 2.41. The first kappa shape index (κ1) is 13.3. The molecule has 2 rings (SSSR count). The summed E-state index contributed by atoms with van der Waals surface area (Å²) in [6.45, 7) is 1.19. The summed E-state index contributed by atoms with van der Waals surface area (Å²) in [5, 5.41) is 8.50. The molecule has 2 amide bonds. The standard InChI is InChI=1S/C14H16N2O3/c17-13(15-19)9-12-7-4-8-16(14(12)18)10-11-5-2-1-3-6-11/h1-3,5-7,19H,4,8-10H2,(H,15,17). The number of carbonyl (C=O) groups excluding carboxylic acids is 2. The minimum absolute atomic E-state index is 0.0827. The van der Waals surface area contributed by atoms with E-state index in [0.717, 1.165) is 12.0 Å². The van der Waals surface area contributed by atoms with Crippen molar-refractivity contribution in [3.63, 3.8) is 0 Å². The Morgan fingerprint density at radius 1 is 1.32 bits per heavy atom. The Morgan fingerprint density at radius 2 is 2.05 bits per heavy atom. The van der Waals surface area contributed by atoms with Crippen LogP contribution >= 0.6 is 0 Å². The van der Waals surface area contributed by atoms with Crippen LogP contribution in [0, 0.1) is 0 Å². The van der Waals surface area contributed by atoms with Gasteiger partial charge in [-0.05, 0) is 12.0 Å². The zero-order chi connectivity index (χ0) is 13.7. The van der Waals surface area contributed by atoms with Crippen LogP contribution < -0.4 is 5.48 Å². The maximum atomic E-state index is 12.2. The molecule has 0 unspecified atom stereocenters. The summed E-state index contributed by atoms with van der Waals surface area (Å²) < 4.78 is 0. The van der Waals surface area contributed by atoms with Crippen LogP contribution in [-0.2, 0) is 16.1 Å². The third kappa shape index (κ3) is 3.42. The third-order valence-corrected chi connectivity index (χ3v) is 3.04. The molecule has 1 aliphatic heterocycles. The first-order valence-corrected chi connectivity index (χ1v) is 6.16. The Balaban J connectivity index is 2.03. The van der Waals surface area contributed by atoms with E-state index in [1.165, 1.54) is 0 Å². The van der Waals surface area contributed by atoms with Crippen molar-refractivity contribution < 1.29 is 14.8 Å². The van der Waals surface area contributed by atoms with Gasteiger partial charge in [0.15, 0.2) is 0 Å². The van der Waals surface area contributed by atoms with Crippen LogP contribution in [0.25, 0.3) is 0 Å². The number of amides is 2. The van der Waals surface area contributed by atoms with Crippen LogP contribution in [0.5, 0.6) is 0 Å². The summed E-state index contributed by atoms with van der Waals surface area (Å²) in [4.78, 5) is 25.0. The molecule has 19 heavy (non-hydrogen) atoms. The molecule has 0 radical (unpaired) electrons. The molecule has 0 fully saturated rings. The van der Waals surface area contributed by atoms with Crippen molar-refractivity contribution in [1.82, 2.24) is 10.4 Å². The lowest BCUT2D eigenvalue weighted by Crippen LogP contribution is -2.36. The minimum Gasteiger partial charge on any atom is -0.334 e. The van der Waals surface area contributed by atoms with E-state index in [4.69, 9.17) is 5.21 Å². The number of nitrogens with zero attached hydrogens (tertiary/aromatic N) is 1. The second-order valence-corrected chi connectivity index (χ2v) is 4.44. The molecule has 0 atom stereocenters. The molecule has 0 aliphatic carbocycles. The Labute approximate surface area is 111 Å². The number of hydroxylamine groups is 1. The van der Waals surface area contributed by atoms with Gasteiger partial charge in [0.1, 0.15) is 0 Å². The maximum Gasteiger partial charge on any atom is 0.250 e. The first-order valence-electron chi connectivity index (χ1n) is 6.16. The van der Waals surface area contributed by atoms with Crippen molar-refractivity contribution in [2.45, 2.75) is 19.4 Å². The number of nitrogens with one attached hydrogen (secondary N) is 1. The Bertz CT molecular complexity index is 497. The number of rotatable bonds is 4. The summed E-state index contributed by atoms with van der Waals surface area (Å²) >= 11 is 0. The summed E-state index contributed by atoms with van der Waals surface area (Å²) in [5.74, 6) is -0.708. The fraction of sp³-hybridized carbons (Fsp3) is 0.286. The number of carbonyl (C=O) groups is 2. The molecule has 0 saturated carbocycles. The number of hydrogen-bond donors (Lipinski definition) is 2. The Morgan fingerprint density at radius 3 is 2.74 bits per heavy atom. The van der Waals surface area contributed by atoms with Gasteiger partial charge < -0.3 is 4.90 Å².